The number of rotatable bonds is 7. The fraction of sp³-hybridized carbons (Fsp3) is 0.273. The molecule has 3 aromatic rings. The van der Waals surface area contributed by atoms with E-state index in [-0.39, 0.29) is 23.2 Å². The number of carbonyl (C=O) groups is 1. The number of fused-ring (bicyclic) bond motifs is 1. The van der Waals surface area contributed by atoms with Gasteiger partial charge in [-0.25, -0.2) is 0 Å². The molecule has 30 heavy (non-hydrogen) atoms. The van der Waals surface area contributed by atoms with Crippen LogP contribution in [0.3, 0.4) is 0 Å². The van der Waals surface area contributed by atoms with Gasteiger partial charge in [0.15, 0.2) is 11.5 Å². The minimum atomic E-state index is -0.444. The molecule has 2 N–H and O–H groups in total. The zero-order valence-corrected chi connectivity index (χ0v) is 17.0. The molecule has 0 fully saturated rings. The molecule has 0 aliphatic carbocycles. The Kier molecular flexibility index (Phi) is 5.33. The second-order valence-electron chi connectivity index (χ2n) is 6.89. The van der Waals surface area contributed by atoms with Crippen molar-refractivity contribution in [3.63, 3.8) is 0 Å². The predicted octanol–water partition coefficient (Wildman–Crippen LogP) is 2.99. The second-order valence-corrected chi connectivity index (χ2v) is 6.89. The molecule has 1 aliphatic heterocycles. The van der Waals surface area contributed by atoms with E-state index >= 15 is 0 Å². The maximum Gasteiger partial charge on any atom is 0.273 e. The van der Waals surface area contributed by atoms with Crippen LogP contribution in [0.25, 0.3) is 11.3 Å². The van der Waals surface area contributed by atoms with Crippen molar-refractivity contribution in [2.24, 2.45) is 0 Å². The van der Waals surface area contributed by atoms with Gasteiger partial charge in [-0.1, -0.05) is 30.3 Å². The Bertz CT molecular complexity index is 1040. The Balaban J connectivity index is 1.91. The van der Waals surface area contributed by atoms with E-state index in [0.717, 1.165) is 16.7 Å². The maximum atomic E-state index is 13.2. The summed E-state index contributed by atoms with van der Waals surface area (Å²) in [5, 5.41) is 17.7. The lowest BCUT2D eigenvalue weighted by atomic mass is 9.95. The van der Waals surface area contributed by atoms with Crippen LogP contribution < -0.4 is 9.47 Å². The smallest absolute Gasteiger partial charge is 0.273 e. The van der Waals surface area contributed by atoms with E-state index in [1.54, 1.807) is 24.1 Å². The largest absolute Gasteiger partial charge is 0.502 e. The third-order valence-corrected chi connectivity index (χ3v) is 5.27. The van der Waals surface area contributed by atoms with Gasteiger partial charge in [-0.3, -0.25) is 9.89 Å². The summed E-state index contributed by atoms with van der Waals surface area (Å²) in [6, 6.07) is 12.7. The number of aromatic nitrogens is 2. The molecule has 4 rings (SSSR count). The number of benzene rings is 2. The molecule has 2 aromatic carbocycles. The van der Waals surface area contributed by atoms with Crippen molar-refractivity contribution in [2.45, 2.75) is 6.04 Å². The van der Waals surface area contributed by atoms with Crippen molar-refractivity contribution < 1.29 is 24.1 Å². The van der Waals surface area contributed by atoms with Crippen LogP contribution in [0.4, 0.5) is 0 Å². The summed E-state index contributed by atoms with van der Waals surface area (Å²) < 4.78 is 15.9. The molecule has 0 spiro atoms. The van der Waals surface area contributed by atoms with Crippen molar-refractivity contribution in [1.29, 1.82) is 0 Å². The van der Waals surface area contributed by atoms with E-state index < -0.39 is 6.04 Å². The van der Waals surface area contributed by atoms with Gasteiger partial charge in [0.2, 0.25) is 5.75 Å². The van der Waals surface area contributed by atoms with Gasteiger partial charge >= 0.3 is 0 Å². The van der Waals surface area contributed by atoms with Crippen LogP contribution in [-0.2, 0) is 4.74 Å². The molecule has 1 atom stereocenters. The van der Waals surface area contributed by atoms with E-state index in [9.17, 15) is 9.90 Å². The van der Waals surface area contributed by atoms with Crippen LogP contribution in [0.1, 0.15) is 27.7 Å². The summed E-state index contributed by atoms with van der Waals surface area (Å²) in [5.41, 5.74) is 3.57. The van der Waals surface area contributed by atoms with Gasteiger partial charge in [0.1, 0.15) is 5.69 Å². The minimum Gasteiger partial charge on any atom is -0.502 e. The highest BCUT2D eigenvalue weighted by molar-refractivity contribution is 6.00. The van der Waals surface area contributed by atoms with E-state index in [1.807, 2.05) is 30.3 Å². The molecular formula is C22H23N3O5. The highest BCUT2D eigenvalue weighted by Crippen LogP contribution is 2.46. The molecule has 0 saturated carbocycles. The van der Waals surface area contributed by atoms with Crippen LogP contribution in [-0.4, -0.2) is 60.6 Å². The third-order valence-electron chi connectivity index (χ3n) is 5.27. The van der Waals surface area contributed by atoms with E-state index in [4.69, 9.17) is 14.2 Å². The molecule has 1 amide bonds. The van der Waals surface area contributed by atoms with Gasteiger partial charge in [-0.15, -0.1) is 0 Å². The van der Waals surface area contributed by atoms with Crippen LogP contribution in [0.2, 0.25) is 0 Å². The van der Waals surface area contributed by atoms with E-state index in [2.05, 4.69) is 10.2 Å². The Morgan fingerprint density at radius 1 is 1.10 bits per heavy atom. The highest BCUT2D eigenvalue weighted by atomic mass is 16.5. The van der Waals surface area contributed by atoms with Crippen LogP contribution in [0.5, 0.6) is 17.2 Å². The molecule has 8 nitrogen and oxygen atoms in total. The van der Waals surface area contributed by atoms with Gasteiger partial charge < -0.3 is 24.2 Å². The number of aromatic hydroxyl groups is 1. The van der Waals surface area contributed by atoms with E-state index in [1.165, 1.54) is 14.2 Å². The first-order valence-corrected chi connectivity index (χ1v) is 9.49. The first kappa shape index (κ1) is 19.8. The molecule has 0 bridgehead atoms. The Morgan fingerprint density at radius 3 is 2.37 bits per heavy atom. The number of amides is 1. The molecule has 1 unspecified atom stereocenters. The Labute approximate surface area is 174 Å². The van der Waals surface area contributed by atoms with Gasteiger partial charge in [-0.2, -0.15) is 5.10 Å². The number of carbonyl (C=O) groups excluding carboxylic acids is 1. The van der Waals surface area contributed by atoms with Crippen molar-refractivity contribution in [3.8, 4) is 28.5 Å². The van der Waals surface area contributed by atoms with Crippen molar-refractivity contribution in [1.82, 2.24) is 15.1 Å². The zero-order valence-electron chi connectivity index (χ0n) is 17.0. The number of phenols is 1. The number of ether oxygens (including phenoxy) is 3. The van der Waals surface area contributed by atoms with Gasteiger partial charge in [0, 0.05) is 24.8 Å². The molecule has 0 radical (unpaired) electrons. The van der Waals surface area contributed by atoms with Gasteiger partial charge in [-0.05, 0) is 17.7 Å². The predicted molar refractivity (Wildman–Crippen MR) is 110 cm³/mol. The van der Waals surface area contributed by atoms with Gasteiger partial charge in [0.25, 0.3) is 5.91 Å². The zero-order chi connectivity index (χ0) is 21.3. The number of nitrogens with one attached hydrogen (secondary N) is 1. The Hall–Kier alpha value is -3.52. The monoisotopic (exact) mass is 409 g/mol. The molecule has 8 heteroatoms. The summed E-state index contributed by atoms with van der Waals surface area (Å²) in [6.45, 7) is 0.773. The normalized spacial score (nSPS) is 15.4. The molecule has 0 saturated heterocycles. The summed E-state index contributed by atoms with van der Waals surface area (Å²) in [5.74, 6) is 0.281. The summed E-state index contributed by atoms with van der Waals surface area (Å²) in [4.78, 5) is 14.9. The van der Waals surface area contributed by atoms with Crippen molar-refractivity contribution in [3.05, 3.63) is 59.3 Å². The molecule has 1 aliphatic rings. The second kappa shape index (κ2) is 8.08. The lowest BCUT2D eigenvalue weighted by Crippen LogP contribution is -2.32. The fourth-order valence-corrected chi connectivity index (χ4v) is 3.85. The summed E-state index contributed by atoms with van der Waals surface area (Å²) in [6.07, 6.45) is 0. The number of aromatic amines is 1. The first-order valence-electron chi connectivity index (χ1n) is 9.49. The first-order chi connectivity index (χ1) is 14.6. The molecule has 156 valence electrons. The van der Waals surface area contributed by atoms with Crippen molar-refractivity contribution in [2.75, 3.05) is 34.5 Å². The molecule has 2 heterocycles. The van der Waals surface area contributed by atoms with Crippen LogP contribution in [0, 0.1) is 0 Å². The van der Waals surface area contributed by atoms with Crippen LogP contribution >= 0.6 is 0 Å². The number of H-pyrrole nitrogens is 1. The summed E-state index contributed by atoms with van der Waals surface area (Å²) in [7, 11) is 4.54. The summed E-state index contributed by atoms with van der Waals surface area (Å²) >= 11 is 0. The number of nitrogens with zero attached hydrogens (tertiary/aromatic N) is 2. The Morgan fingerprint density at radius 2 is 1.77 bits per heavy atom. The lowest BCUT2D eigenvalue weighted by Gasteiger charge is -2.27. The highest BCUT2D eigenvalue weighted by Gasteiger charge is 2.42. The van der Waals surface area contributed by atoms with Gasteiger partial charge in [0.05, 0.1) is 32.6 Å². The van der Waals surface area contributed by atoms with Crippen LogP contribution in [0.15, 0.2) is 42.5 Å². The molecular weight excluding hydrogens is 386 g/mol. The average molecular weight is 409 g/mol. The average Bonchev–Trinajstić information content (AvgIpc) is 3.32. The van der Waals surface area contributed by atoms with Crippen molar-refractivity contribution >= 4 is 5.91 Å². The number of hydrogen-bond donors (Lipinski definition) is 2. The fourth-order valence-electron chi connectivity index (χ4n) is 3.85. The standard InChI is InChI=1S/C22H23N3O5/c1-28-10-9-25-20(14-11-15(29-2)21(26)16(12-14)30-3)17-18(13-7-5-4-6-8-13)23-24-19(17)22(25)27/h4-8,11-12,20,26H,9-10H2,1-3H3,(H,23,24). The maximum absolute atomic E-state index is 13.2. The quantitative estimate of drug-likeness (QED) is 0.623. The van der Waals surface area contributed by atoms with E-state index in [0.29, 0.717) is 24.5 Å². The SMILES string of the molecule is COCCN1C(=O)c2[nH]nc(-c3ccccc3)c2C1c1cc(OC)c(O)c(OC)c1. The minimum absolute atomic E-state index is 0.0905. The lowest BCUT2D eigenvalue weighted by molar-refractivity contribution is 0.0677. The number of hydrogen-bond acceptors (Lipinski definition) is 6. The number of methoxy groups -OCH3 is 3. The topological polar surface area (TPSA) is 96.9 Å². The third kappa shape index (κ3) is 3.15. The number of phenolic OH excluding ortho intramolecular Hbond substituents is 1. The molecule has 1 aromatic heterocycles.